The van der Waals surface area contributed by atoms with Crippen molar-refractivity contribution in [2.24, 2.45) is 5.92 Å². The van der Waals surface area contributed by atoms with Crippen LogP contribution >= 0.6 is 0 Å². The van der Waals surface area contributed by atoms with Crippen LogP contribution in [0.3, 0.4) is 0 Å². The van der Waals surface area contributed by atoms with Crippen molar-refractivity contribution in [1.82, 2.24) is 5.32 Å². The van der Waals surface area contributed by atoms with Crippen LogP contribution in [0, 0.1) is 5.92 Å². The topological polar surface area (TPSA) is 21.3 Å². The van der Waals surface area contributed by atoms with Gasteiger partial charge in [-0.2, -0.15) is 0 Å². The van der Waals surface area contributed by atoms with Gasteiger partial charge in [0.2, 0.25) is 0 Å². The second-order valence-electron chi connectivity index (χ2n) is 4.54. The highest BCUT2D eigenvalue weighted by molar-refractivity contribution is 4.67. The molecule has 1 aliphatic rings. The summed E-state index contributed by atoms with van der Waals surface area (Å²) in [6, 6.07) is 0. The Balaban J connectivity index is 1.92. The predicted octanol–water partition coefficient (Wildman–Crippen LogP) is 2.58. The van der Waals surface area contributed by atoms with Crippen molar-refractivity contribution in [2.75, 3.05) is 20.2 Å². The molecule has 2 heteroatoms. The van der Waals surface area contributed by atoms with Crippen LogP contribution in [-0.2, 0) is 4.74 Å². The van der Waals surface area contributed by atoms with E-state index in [1.807, 2.05) is 0 Å². The highest BCUT2D eigenvalue weighted by Gasteiger charge is 2.12. The minimum atomic E-state index is 0.348. The molecule has 1 aliphatic carbocycles. The molecule has 14 heavy (non-hydrogen) atoms. The first-order valence-corrected chi connectivity index (χ1v) is 6.06. The molecule has 0 aliphatic heterocycles. The molecule has 1 fully saturated rings. The van der Waals surface area contributed by atoms with E-state index < -0.39 is 0 Å². The highest BCUT2D eigenvalue weighted by atomic mass is 16.5. The summed E-state index contributed by atoms with van der Waals surface area (Å²) in [5.74, 6) is 0.995. The zero-order valence-electron chi connectivity index (χ0n) is 9.72. The van der Waals surface area contributed by atoms with Gasteiger partial charge in [0.05, 0.1) is 6.10 Å². The van der Waals surface area contributed by atoms with E-state index in [9.17, 15) is 0 Å². The van der Waals surface area contributed by atoms with Gasteiger partial charge in [-0.05, 0) is 25.8 Å². The van der Waals surface area contributed by atoms with Crippen LogP contribution in [-0.4, -0.2) is 26.3 Å². The van der Waals surface area contributed by atoms with Crippen LogP contribution in [0.2, 0.25) is 0 Å². The average Bonchev–Trinajstić information content (AvgIpc) is 2.25. The van der Waals surface area contributed by atoms with Crippen molar-refractivity contribution in [2.45, 2.75) is 51.6 Å². The van der Waals surface area contributed by atoms with Gasteiger partial charge in [-0.1, -0.05) is 32.1 Å². The summed E-state index contributed by atoms with van der Waals surface area (Å²) < 4.78 is 5.18. The van der Waals surface area contributed by atoms with Gasteiger partial charge in [-0.15, -0.1) is 0 Å². The lowest BCUT2D eigenvalue weighted by molar-refractivity contribution is 0.116. The van der Waals surface area contributed by atoms with Crippen LogP contribution < -0.4 is 5.32 Å². The second-order valence-corrected chi connectivity index (χ2v) is 4.54. The number of rotatable bonds is 6. The molecule has 0 aromatic heterocycles. The second kappa shape index (κ2) is 7.24. The van der Waals surface area contributed by atoms with E-state index in [-0.39, 0.29) is 0 Å². The molecule has 2 nitrogen and oxygen atoms in total. The molecule has 0 aromatic rings. The lowest BCUT2D eigenvalue weighted by Gasteiger charge is -2.21. The third-order valence-corrected chi connectivity index (χ3v) is 3.29. The summed E-state index contributed by atoms with van der Waals surface area (Å²) in [6.07, 6.45) is 9.00. The van der Waals surface area contributed by atoms with E-state index in [2.05, 4.69) is 12.2 Å². The van der Waals surface area contributed by atoms with Crippen molar-refractivity contribution < 1.29 is 4.74 Å². The van der Waals surface area contributed by atoms with E-state index >= 15 is 0 Å². The van der Waals surface area contributed by atoms with Crippen LogP contribution in [0.15, 0.2) is 0 Å². The Morgan fingerprint density at radius 3 is 2.64 bits per heavy atom. The lowest BCUT2D eigenvalue weighted by Crippen LogP contribution is -2.28. The Labute approximate surface area is 88.4 Å². The maximum Gasteiger partial charge on any atom is 0.0667 e. The molecule has 1 N–H and O–H groups in total. The Morgan fingerprint density at radius 1 is 1.29 bits per heavy atom. The van der Waals surface area contributed by atoms with E-state index in [1.165, 1.54) is 45.1 Å². The molecule has 0 spiro atoms. The Morgan fingerprint density at radius 2 is 2.00 bits per heavy atom. The molecule has 1 atom stereocenters. The molecule has 0 bridgehead atoms. The van der Waals surface area contributed by atoms with E-state index in [1.54, 1.807) is 7.11 Å². The van der Waals surface area contributed by atoms with Crippen molar-refractivity contribution in [3.05, 3.63) is 0 Å². The van der Waals surface area contributed by atoms with E-state index in [0.717, 1.165) is 12.5 Å². The first-order chi connectivity index (χ1) is 6.83. The Bertz CT molecular complexity index is 132. The SMILES string of the molecule is COC(C)CNCCC1CCCCC1. The summed E-state index contributed by atoms with van der Waals surface area (Å²) in [5.41, 5.74) is 0. The van der Waals surface area contributed by atoms with Gasteiger partial charge in [0.15, 0.2) is 0 Å². The normalized spacial score (nSPS) is 21.0. The van der Waals surface area contributed by atoms with Gasteiger partial charge in [0.25, 0.3) is 0 Å². The van der Waals surface area contributed by atoms with Crippen LogP contribution in [0.1, 0.15) is 45.4 Å². The fourth-order valence-corrected chi connectivity index (χ4v) is 2.17. The van der Waals surface area contributed by atoms with Crippen molar-refractivity contribution >= 4 is 0 Å². The first kappa shape index (κ1) is 12.0. The van der Waals surface area contributed by atoms with Gasteiger partial charge in [0.1, 0.15) is 0 Å². The van der Waals surface area contributed by atoms with Gasteiger partial charge in [-0.3, -0.25) is 0 Å². The molecule has 0 aromatic carbocycles. The summed E-state index contributed by atoms with van der Waals surface area (Å²) in [7, 11) is 1.77. The molecule has 1 unspecified atom stereocenters. The van der Waals surface area contributed by atoms with Gasteiger partial charge >= 0.3 is 0 Å². The number of hydrogen-bond donors (Lipinski definition) is 1. The third kappa shape index (κ3) is 4.97. The van der Waals surface area contributed by atoms with Gasteiger partial charge in [0, 0.05) is 13.7 Å². The zero-order chi connectivity index (χ0) is 10.2. The minimum absolute atomic E-state index is 0.348. The Kier molecular flexibility index (Phi) is 6.20. The van der Waals surface area contributed by atoms with E-state index in [0.29, 0.717) is 6.10 Å². The smallest absolute Gasteiger partial charge is 0.0667 e. The molecular weight excluding hydrogens is 174 g/mol. The van der Waals surface area contributed by atoms with Gasteiger partial charge in [-0.25, -0.2) is 0 Å². The number of methoxy groups -OCH3 is 1. The lowest BCUT2D eigenvalue weighted by atomic mass is 9.87. The Hall–Kier alpha value is -0.0800. The quantitative estimate of drug-likeness (QED) is 0.664. The first-order valence-electron chi connectivity index (χ1n) is 6.06. The van der Waals surface area contributed by atoms with Crippen LogP contribution in [0.4, 0.5) is 0 Å². The fraction of sp³-hybridized carbons (Fsp3) is 1.00. The minimum Gasteiger partial charge on any atom is -0.380 e. The standard InChI is InChI=1S/C12H25NO/c1-11(14-2)10-13-9-8-12-6-4-3-5-7-12/h11-13H,3-10H2,1-2H3. The molecule has 84 valence electrons. The zero-order valence-corrected chi connectivity index (χ0v) is 9.72. The molecule has 1 saturated carbocycles. The third-order valence-electron chi connectivity index (χ3n) is 3.29. The van der Waals surface area contributed by atoms with Crippen molar-refractivity contribution in [1.29, 1.82) is 0 Å². The summed E-state index contributed by atoms with van der Waals surface area (Å²) in [4.78, 5) is 0. The summed E-state index contributed by atoms with van der Waals surface area (Å²) >= 11 is 0. The van der Waals surface area contributed by atoms with Crippen molar-refractivity contribution in [3.8, 4) is 0 Å². The number of hydrogen-bond acceptors (Lipinski definition) is 2. The van der Waals surface area contributed by atoms with Gasteiger partial charge < -0.3 is 10.1 Å². The van der Waals surface area contributed by atoms with E-state index in [4.69, 9.17) is 4.74 Å². The number of ether oxygens (including phenoxy) is 1. The maximum absolute atomic E-state index is 5.18. The molecule has 0 heterocycles. The summed E-state index contributed by atoms with van der Waals surface area (Å²) in [5, 5.41) is 3.46. The van der Waals surface area contributed by atoms with Crippen molar-refractivity contribution in [3.63, 3.8) is 0 Å². The molecule has 0 saturated heterocycles. The molecule has 1 rings (SSSR count). The molecule has 0 radical (unpaired) electrons. The number of nitrogens with one attached hydrogen (secondary N) is 1. The van der Waals surface area contributed by atoms with Crippen LogP contribution in [0.5, 0.6) is 0 Å². The predicted molar refractivity (Wildman–Crippen MR) is 60.5 cm³/mol. The molecular formula is C12H25NO. The fourth-order valence-electron chi connectivity index (χ4n) is 2.17. The average molecular weight is 199 g/mol. The largest absolute Gasteiger partial charge is 0.380 e. The monoisotopic (exact) mass is 199 g/mol. The highest BCUT2D eigenvalue weighted by Crippen LogP contribution is 2.25. The van der Waals surface area contributed by atoms with Crippen LogP contribution in [0.25, 0.3) is 0 Å². The maximum atomic E-state index is 5.18. The summed E-state index contributed by atoms with van der Waals surface area (Å²) in [6.45, 7) is 4.26. The molecule has 0 amide bonds.